The van der Waals surface area contributed by atoms with Gasteiger partial charge in [-0.05, 0) is 61.4 Å². The molecule has 3 N–H and O–H groups in total. The molecule has 2 aromatic carbocycles. The molecule has 0 spiro atoms. The number of nitrogens with zero attached hydrogens (tertiary/aromatic N) is 1. The second-order valence-corrected chi connectivity index (χ2v) is 7.05. The topological polar surface area (TPSA) is 86.9 Å². The van der Waals surface area contributed by atoms with Crippen molar-refractivity contribution in [3.05, 3.63) is 89.9 Å². The molecule has 2 aromatic heterocycles. The number of fused-ring (bicyclic) bond motifs is 1. The van der Waals surface area contributed by atoms with E-state index in [-0.39, 0.29) is 11.7 Å². The molecule has 0 unspecified atom stereocenters. The molecule has 6 nitrogen and oxygen atoms in total. The Kier molecular flexibility index (Phi) is 5.57. The highest BCUT2D eigenvalue weighted by Gasteiger charge is 2.09. The van der Waals surface area contributed by atoms with Gasteiger partial charge in [0.2, 0.25) is 0 Å². The Hall–Kier alpha value is -3.93. The maximum atomic E-state index is 12.5. The zero-order chi connectivity index (χ0) is 20.9. The number of aromatic amines is 1. The van der Waals surface area contributed by atoms with Gasteiger partial charge >= 0.3 is 0 Å². The summed E-state index contributed by atoms with van der Waals surface area (Å²) in [6.07, 6.45) is 4.51. The molecule has 0 aliphatic heterocycles. The largest absolute Gasteiger partial charge is 0.385 e. The maximum Gasteiger partial charge on any atom is 0.274 e. The van der Waals surface area contributed by atoms with E-state index in [1.807, 2.05) is 24.4 Å². The standard InChI is InChI=1S/C24H22N4O2/c1-16(29)17-6-8-19(9-7-17)28-24(30)23-14-20(11-13-26-23)25-12-10-18-15-27-22-5-3-2-4-21(18)22/h2-9,11,13-15,27H,10,12H2,1H3,(H,25,26)(H,28,30). The molecule has 2 heterocycles. The molecular weight excluding hydrogens is 376 g/mol. The maximum absolute atomic E-state index is 12.5. The van der Waals surface area contributed by atoms with Crippen molar-refractivity contribution in [1.29, 1.82) is 0 Å². The van der Waals surface area contributed by atoms with Crippen LogP contribution in [0.2, 0.25) is 0 Å². The van der Waals surface area contributed by atoms with Gasteiger partial charge in [0.15, 0.2) is 5.78 Å². The van der Waals surface area contributed by atoms with Crippen molar-refractivity contribution in [2.75, 3.05) is 17.2 Å². The number of amides is 1. The first-order chi connectivity index (χ1) is 14.6. The van der Waals surface area contributed by atoms with Crippen molar-refractivity contribution in [2.24, 2.45) is 0 Å². The third-order valence-electron chi connectivity index (χ3n) is 4.94. The molecule has 150 valence electrons. The summed E-state index contributed by atoms with van der Waals surface area (Å²) in [4.78, 5) is 31.3. The first kappa shape index (κ1) is 19.4. The highest BCUT2D eigenvalue weighted by molar-refractivity contribution is 6.03. The summed E-state index contributed by atoms with van der Waals surface area (Å²) in [5, 5.41) is 7.39. The van der Waals surface area contributed by atoms with E-state index in [9.17, 15) is 9.59 Å². The Balaban J connectivity index is 1.37. The van der Waals surface area contributed by atoms with Crippen molar-refractivity contribution in [2.45, 2.75) is 13.3 Å². The predicted octanol–water partition coefficient (Wildman–Crippen LogP) is 4.67. The van der Waals surface area contributed by atoms with Crippen molar-refractivity contribution < 1.29 is 9.59 Å². The summed E-state index contributed by atoms with van der Waals surface area (Å²) >= 11 is 0. The SMILES string of the molecule is CC(=O)c1ccc(NC(=O)c2cc(NCCc3c[nH]c4ccccc34)ccn2)cc1. The van der Waals surface area contributed by atoms with E-state index in [0.29, 0.717) is 16.9 Å². The zero-order valence-corrected chi connectivity index (χ0v) is 16.6. The lowest BCUT2D eigenvalue weighted by Crippen LogP contribution is -2.14. The summed E-state index contributed by atoms with van der Waals surface area (Å²) < 4.78 is 0. The first-order valence-corrected chi connectivity index (χ1v) is 9.77. The minimum atomic E-state index is -0.300. The highest BCUT2D eigenvalue weighted by atomic mass is 16.2. The molecule has 0 saturated heterocycles. The molecule has 4 rings (SSSR count). The second kappa shape index (κ2) is 8.61. The summed E-state index contributed by atoms with van der Waals surface area (Å²) in [5.41, 5.74) is 4.76. The monoisotopic (exact) mass is 398 g/mol. The normalized spacial score (nSPS) is 10.7. The van der Waals surface area contributed by atoms with Crippen molar-refractivity contribution >= 4 is 34.0 Å². The van der Waals surface area contributed by atoms with Crippen LogP contribution < -0.4 is 10.6 Å². The van der Waals surface area contributed by atoms with Crippen molar-refractivity contribution in [3.8, 4) is 0 Å². The minimum absolute atomic E-state index is 0.0130. The number of anilines is 2. The van der Waals surface area contributed by atoms with Crippen LogP contribution in [0.3, 0.4) is 0 Å². The van der Waals surface area contributed by atoms with Crippen LogP contribution in [0.4, 0.5) is 11.4 Å². The van der Waals surface area contributed by atoms with Crippen LogP contribution in [0.1, 0.15) is 33.3 Å². The number of rotatable bonds is 7. The quantitative estimate of drug-likeness (QED) is 0.395. The van der Waals surface area contributed by atoms with Crippen LogP contribution in [0.15, 0.2) is 73.1 Å². The lowest BCUT2D eigenvalue weighted by Gasteiger charge is -2.09. The molecule has 30 heavy (non-hydrogen) atoms. The third kappa shape index (κ3) is 4.38. The van der Waals surface area contributed by atoms with Gasteiger partial charge in [0.1, 0.15) is 5.69 Å². The van der Waals surface area contributed by atoms with Crippen molar-refractivity contribution in [1.82, 2.24) is 9.97 Å². The fourth-order valence-electron chi connectivity index (χ4n) is 3.33. The Labute approximate surface area is 174 Å². The van der Waals surface area contributed by atoms with Crippen LogP contribution in [0.25, 0.3) is 10.9 Å². The van der Waals surface area contributed by atoms with Gasteiger partial charge in [-0.15, -0.1) is 0 Å². The Bertz CT molecular complexity index is 1200. The second-order valence-electron chi connectivity index (χ2n) is 7.05. The Morgan fingerprint density at radius 1 is 1.00 bits per heavy atom. The average molecular weight is 398 g/mol. The number of benzene rings is 2. The van der Waals surface area contributed by atoms with Gasteiger partial charge in [-0.1, -0.05) is 18.2 Å². The van der Waals surface area contributed by atoms with E-state index in [4.69, 9.17) is 0 Å². The number of aromatic nitrogens is 2. The molecule has 4 aromatic rings. The van der Waals surface area contributed by atoms with E-state index in [2.05, 4.69) is 32.7 Å². The minimum Gasteiger partial charge on any atom is -0.385 e. The number of pyridine rings is 1. The van der Waals surface area contributed by atoms with Crippen molar-refractivity contribution in [3.63, 3.8) is 0 Å². The Morgan fingerprint density at radius 3 is 2.60 bits per heavy atom. The van der Waals surface area contributed by atoms with Gasteiger partial charge in [-0.3, -0.25) is 14.6 Å². The number of carbonyl (C=O) groups excluding carboxylic acids is 2. The van der Waals surface area contributed by atoms with Crippen LogP contribution in [-0.4, -0.2) is 28.2 Å². The number of para-hydroxylation sites is 1. The number of H-pyrrole nitrogens is 1. The molecule has 0 radical (unpaired) electrons. The smallest absolute Gasteiger partial charge is 0.274 e. The fourth-order valence-corrected chi connectivity index (χ4v) is 3.33. The number of hydrogen-bond acceptors (Lipinski definition) is 4. The van der Waals surface area contributed by atoms with Gasteiger partial charge in [0.05, 0.1) is 0 Å². The molecular formula is C24H22N4O2. The van der Waals surface area contributed by atoms with E-state index < -0.39 is 0 Å². The van der Waals surface area contributed by atoms with Crippen LogP contribution in [0, 0.1) is 0 Å². The third-order valence-corrected chi connectivity index (χ3v) is 4.94. The van der Waals surface area contributed by atoms with Crippen LogP contribution >= 0.6 is 0 Å². The molecule has 0 aliphatic rings. The van der Waals surface area contributed by atoms with Gasteiger partial charge in [-0.2, -0.15) is 0 Å². The molecule has 1 amide bonds. The predicted molar refractivity (Wildman–Crippen MR) is 119 cm³/mol. The zero-order valence-electron chi connectivity index (χ0n) is 16.6. The summed E-state index contributed by atoms with van der Waals surface area (Å²) in [5.74, 6) is -0.313. The van der Waals surface area contributed by atoms with E-state index in [0.717, 1.165) is 24.2 Å². The molecule has 0 aliphatic carbocycles. The molecule has 0 fully saturated rings. The summed E-state index contributed by atoms with van der Waals surface area (Å²) in [6.45, 7) is 2.24. The molecule has 0 bridgehead atoms. The number of carbonyl (C=O) groups is 2. The molecule has 6 heteroatoms. The number of hydrogen-bond donors (Lipinski definition) is 3. The summed E-state index contributed by atoms with van der Waals surface area (Å²) in [7, 11) is 0. The lowest BCUT2D eigenvalue weighted by atomic mass is 10.1. The fraction of sp³-hybridized carbons (Fsp3) is 0.125. The van der Waals surface area contributed by atoms with Crippen LogP contribution in [0.5, 0.6) is 0 Å². The number of nitrogens with one attached hydrogen (secondary N) is 3. The molecule has 0 atom stereocenters. The van der Waals surface area contributed by atoms with E-state index in [1.54, 1.807) is 36.5 Å². The lowest BCUT2D eigenvalue weighted by molar-refractivity contribution is 0.101. The van der Waals surface area contributed by atoms with Crippen LogP contribution in [-0.2, 0) is 6.42 Å². The van der Waals surface area contributed by atoms with E-state index in [1.165, 1.54) is 17.9 Å². The van der Waals surface area contributed by atoms with Gasteiger partial charge in [0, 0.05) is 46.8 Å². The van der Waals surface area contributed by atoms with Gasteiger partial charge in [-0.25, -0.2) is 0 Å². The number of ketones is 1. The highest BCUT2D eigenvalue weighted by Crippen LogP contribution is 2.18. The summed E-state index contributed by atoms with van der Waals surface area (Å²) in [6, 6.07) is 18.6. The molecule has 0 saturated carbocycles. The first-order valence-electron chi connectivity index (χ1n) is 9.77. The van der Waals surface area contributed by atoms with E-state index >= 15 is 0 Å². The van der Waals surface area contributed by atoms with Gasteiger partial charge < -0.3 is 15.6 Å². The number of Topliss-reactive ketones (excluding diaryl/α,β-unsaturated/α-hetero) is 1. The van der Waals surface area contributed by atoms with Gasteiger partial charge in [0.25, 0.3) is 5.91 Å². The average Bonchev–Trinajstić information content (AvgIpc) is 3.17. The Morgan fingerprint density at radius 2 is 1.80 bits per heavy atom.